The molecule has 27 heavy (non-hydrogen) atoms. The van der Waals surface area contributed by atoms with Crippen LogP contribution in [0.5, 0.6) is 0 Å². The molecule has 0 fully saturated rings. The lowest BCUT2D eigenvalue weighted by atomic mass is 10.1. The smallest absolute Gasteiger partial charge is 0.317 e. The topological polar surface area (TPSA) is 65.2 Å². The van der Waals surface area contributed by atoms with Crippen LogP contribution in [0.3, 0.4) is 0 Å². The van der Waals surface area contributed by atoms with Crippen molar-refractivity contribution in [3.05, 3.63) is 65.5 Å². The first-order chi connectivity index (χ1) is 13.2. The van der Waals surface area contributed by atoms with Crippen molar-refractivity contribution in [3.63, 3.8) is 0 Å². The molecule has 1 heterocycles. The summed E-state index contributed by atoms with van der Waals surface area (Å²) in [4.78, 5) is 17.6. The Morgan fingerprint density at radius 3 is 2.85 bits per heavy atom. The maximum atomic E-state index is 12.2. The van der Waals surface area contributed by atoms with Crippen LogP contribution in [0, 0.1) is 0 Å². The largest absolute Gasteiger partial charge is 0.452 e. The second-order valence-corrected chi connectivity index (χ2v) is 7.58. The van der Waals surface area contributed by atoms with E-state index in [1.807, 2.05) is 30.3 Å². The second kappa shape index (κ2) is 7.96. The van der Waals surface area contributed by atoms with Gasteiger partial charge in [-0.2, -0.15) is 4.98 Å². The molecular formula is C21H20N2O3S. The highest BCUT2D eigenvalue weighted by Gasteiger charge is 2.19. The number of thioether (sulfide) groups is 1. The minimum Gasteiger partial charge on any atom is -0.452 e. The summed E-state index contributed by atoms with van der Waals surface area (Å²) in [6.45, 7) is 1.74. The third-order valence-electron chi connectivity index (χ3n) is 4.56. The summed E-state index contributed by atoms with van der Waals surface area (Å²) in [7, 11) is 0. The van der Waals surface area contributed by atoms with Gasteiger partial charge in [0.1, 0.15) is 0 Å². The van der Waals surface area contributed by atoms with Gasteiger partial charge in [0, 0.05) is 10.5 Å². The van der Waals surface area contributed by atoms with Gasteiger partial charge in [-0.05, 0) is 49.4 Å². The van der Waals surface area contributed by atoms with Crippen LogP contribution in [-0.4, -0.2) is 21.9 Å². The van der Waals surface area contributed by atoms with Crippen molar-refractivity contribution in [2.24, 2.45) is 0 Å². The molecule has 2 aromatic carbocycles. The standard InChI is InChI=1S/C21H20N2O3S/c1-14(21-22-20(23-26-21)16-6-3-2-4-7-16)25-19(24)13-27-18-11-10-15-8-5-9-17(15)12-18/h2-4,6-7,10-12,14H,5,8-9,13H2,1H3/t14-/m1/s1. The van der Waals surface area contributed by atoms with Crippen molar-refractivity contribution in [1.82, 2.24) is 10.1 Å². The van der Waals surface area contributed by atoms with E-state index in [1.165, 1.54) is 29.3 Å². The number of fused-ring (bicyclic) bond motifs is 1. The Kier molecular flexibility index (Phi) is 5.25. The highest BCUT2D eigenvalue weighted by atomic mass is 32.2. The van der Waals surface area contributed by atoms with Crippen molar-refractivity contribution in [2.75, 3.05) is 5.75 Å². The van der Waals surface area contributed by atoms with Gasteiger partial charge in [0.05, 0.1) is 5.75 Å². The molecule has 0 aliphatic heterocycles. The van der Waals surface area contributed by atoms with E-state index < -0.39 is 6.10 Å². The third-order valence-corrected chi connectivity index (χ3v) is 5.52. The van der Waals surface area contributed by atoms with E-state index in [0.29, 0.717) is 11.7 Å². The van der Waals surface area contributed by atoms with Crippen LogP contribution in [0.1, 0.15) is 36.5 Å². The molecule has 0 N–H and O–H groups in total. The Hall–Kier alpha value is -2.60. The molecule has 0 radical (unpaired) electrons. The Bertz CT molecular complexity index is 940. The first-order valence-electron chi connectivity index (χ1n) is 9.02. The van der Waals surface area contributed by atoms with E-state index >= 15 is 0 Å². The summed E-state index contributed by atoms with van der Waals surface area (Å²) in [6, 6.07) is 16.0. The minimum absolute atomic E-state index is 0.253. The maximum Gasteiger partial charge on any atom is 0.317 e. The molecule has 0 saturated heterocycles. The quantitative estimate of drug-likeness (QED) is 0.459. The molecule has 138 valence electrons. The van der Waals surface area contributed by atoms with Gasteiger partial charge in [0.2, 0.25) is 5.82 Å². The van der Waals surface area contributed by atoms with Crippen molar-refractivity contribution >= 4 is 17.7 Å². The zero-order chi connectivity index (χ0) is 18.6. The van der Waals surface area contributed by atoms with Crippen LogP contribution < -0.4 is 0 Å². The summed E-state index contributed by atoms with van der Waals surface area (Å²) in [5.74, 6) is 0.737. The number of aromatic nitrogens is 2. The van der Waals surface area contributed by atoms with Gasteiger partial charge >= 0.3 is 5.97 Å². The second-order valence-electron chi connectivity index (χ2n) is 6.53. The first-order valence-corrected chi connectivity index (χ1v) is 10.0. The molecule has 1 atom stereocenters. The fraction of sp³-hybridized carbons (Fsp3) is 0.286. The minimum atomic E-state index is -0.580. The van der Waals surface area contributed by atoms with Crippen LogP contribution in [0.4, 0.5) is 0 Å². The van der Waals surface area contributed by atoms with Crippen LogP contribution in [0.2, 0.25) is 0 Å². The number of rotatable bonds is 6. The Morgan fingerprint density at radius 2 is 2.00 bits per heavy atom. The Balaban J connectivity index is 1.32. The van der Waals surface area contributed by atoms with E-state index in [0.717, 1.165) is 23.3 Å². The molecular weight excluding hydrogens is 360 g/mol. The molecule has 1 aliphatic carbocycles. The third kappa shape index (κ3) is 4.22. The average Bonchev–Trinajstić information content (AvgIpc) is 3.36. The average molecular weight is 380 g/mol. The molecule has 0 spiro atoms. The predicted molar refractivity (Wildman–Crippen MR) is 103 cm³/mol. The maximum absolute atomic E-state index is 12.2. The number of carbonyl (C=O) groups is 1. The Labute approximate surface area is 162 Å². The summed E-state index contributed by atoms with van der Waals surface area (Å²) >= 11 is 1.49. The molecule has 4 rings (SSSR count). The Morgan fingerprint density at radius 1 is 1.19 bits per heavy atom. The molecule has 0 unspecified atom stereocenters. The molecule has 0 bridgehead atoms. The fourth-order valence-corrected chi connectivity index (χ4v) is 3.91. The lowest BCUT2D eigenvalue weighted by molar-refractivity contribution is -0.146. The summed E-state index contributed by atoms with van der Waals surface area (Å²) < 4.78 is 10.7. The fourth-order valence-electron chi connectivity index (χ4n) is 3.17. The SMILES string of the molecule is C[C@@H](OC(=O)CSc1ccc2c(c1)CCC2)c1nc(-c2ccccc2)no1. The lowest BCUT2D eigenvalue weighted by Gasteiger charge is -2.09. The zero-order valence-electron chi connectivity index (χ0n) is 15.1. The van der Waals surface area contributed by atoms with E-state index in [-0.39, 0.29) is 11.7 Å². The molecule has 5 nitrogen and oxygen atoms in total. The molecule has 0 saturated carbocycles. The van der Waals surface area contributed by atoms with Crippen molar-refractivity contribution in [1.29, 1.82) is 0 Å². The van der Waals surface area contributed by atoms with Gasteiger partial charge in [-0.25, -0.2) is 0 Å². The van der Waals surface area contributed by atoms with Gasteiger partial charge in [-0.3, -0.25) is 4.79 Å². The number of ether oxygens (including phenoxy) is 1. The summed E-state index contributed by atoms with van der Waals surface area (Å²) in [6.07, 6.45) is 2.93. The first kappa shape index (κ1) is 17.8. The van der Waals surface area contributed by atoms with Crippen LogP contribution >= 0.6 is 11.8 Å². The normalized spacial score (nSPS) is 14.0. The zero-order valence-corrected chi connectivity index (χ0v) is 15.9. The molecule has 1 aromatic heterocycles. The van der Waals surface area contributed by atoms with Gasteiger partial charge in [-0.15, -0.1) is 11.8 Å². The van der Waals surface area contributed by atoms with Gasteiger partial charge in [0.25, 0.3) is 5.89 Å². The lowest BCUT2D eigenvalue weighted by Crippen LogP contribution is -2.11. The monoisotopic (exact) mass is 380 g/mol. The molecule has 0 amide bonds. The van der Waals surface area contributed by atoms with E-state index in [9.17, 15) is 4.79 Å². The molecule has 3 aromatic rings. The highest BCUT2D eigenvalue weighted by molar-refractivity contribution is 8.00. The predicted octanol–water partition coefficient (Wildman–Crippen LogP) is 4.62. The number of hydrogen-bond donors (Lipinski definition) is 0. The van der Waals surface area contributed by atoms with E-state index in [1.54, 1.807) is 6.92 Å². The van der Waals surface area contributed by atoms with E-state index in [2.05, 4.69) is 28.3 Å². The number of nitrogens with zero attached hydrogens (tertiary/aromatic N) is 2. The summed E-state index contributed by atoms with van der Waals surface area (Å²) in [5, 5.41) is 3.96. The summed E-state index contributed by atoms with van der Waals surface area (Å²) in [5.41, 5.74) is 3.69. The number of benzene rings is 2. The number of aryl methyl sites for hydroxylation is 2. The van der Waals surface area contributed by atoms with Crippen molar-refractivity contribution in [2.45, 2.75) is 37.2 Å². The number of esters is 1. The van der Waals surface area contributed by atoms with Gasteiger partial charge < -0.3 is 9.26 Å². The van der Waals surface area contributed by atoms with Gasteiger partial charge in [0.15, 0.2) is 6.10 Å². The van der Waals surface area contributed by atoms with Crippen LogP contribution in [0.15, 0.2) is 57.9 Å². The van der Waals surface area contributed by atoms with Crippen LogP contribution in [0.25, 0.3) is 11.4 Å². The van der Waals surface area contributed by atoms with E-state index in [4.69, 9.17) is 9.26 Å². The van der Waals surface area contributed by atoms with Crippen LogP contribution in [-0.2, 0) is 22.4 Å². The number of hydrogen-bond acceptors (Lipinski definition) is 6. The van der Waals surface area contributed by atoms with Crippen molar-refractivity contribution < 1.29 is 14.1 Å². The molecule has 1 aliphatic rings. The van der Waals surface area contributed by atoms with Gasteiger partial charge in [-0.1, -0.05) is 41.6 Å². The van der Waals surface area contributed by atoms with Crippen molar-refractivity contribution in [3.8, 4) is 11.4 Å². The number of carbonyl (C=O) groups excluding carboxylic acids is 1. The molecule has 6 heteroatoms. The highest BCUT2D eigenvalue weighted by Crippen LogP contribution is 2.28.